The van der Waals surface area contributed by atoms with Gasteiger partial charge in [0.2, 0.25) is 5.95 Å². The maximum Gasteiger partial charge on any atom is 0.321 e. The summed E-state index contributed by atoms with van der Waals surface area (Å²) in [6, 6.07) is -0.259. The normalized spacial score (nSPS) is 15.5. The van der Waals surface area contributed by atoms with E-state index in [2.05, 4.69) is 30.3 Å². The highest BCUT2D eigenvalue weighted by atomic mass is 16.2. The summed E-state index contributed by atoms with van der Waals surface area (Å²) in [4.78, 5) is 20.3. The zero-order chi connectivity index (χ0) is 15.6. The zero-order valence-corrected chi connectivity index (χ0v) is 12.9. The first-order valence-electron chi connectivity index (χ1n) is 7.51. The Kier molecular flexibility index (Phi) is 3.82. The zero-order valence-electron chi connectivity index (χ0n) is 12.9. The van der Waals surface area contributed by atoms with Gasteiger partial charge in [-0.05, 0) is 12.8 Å². The van der Waals surface area contributed by atoms with Crippen LogP contribution in [-0.2, 0) is 20.0 Å². The van der Waals surface area contributed by atoms with E-state index >= 15 is 0 Å². The van der Waals surface area contributed by atoms with E-state index in [9.17, 15) is 4.79 Å². The van der Waals surface area contributed by atoms with Gasteiger partial charge in [0.25, 0.3) is 0 Å². The maximum absolute atomic E-state index is 12.0. The number of anilines is 1. The van der Waals surface area contributed by atoms with E-state index in [-0.39, 0.29) is 11.4 Å². The van der Waals surface area contributed by atoms with Crippen molar-refractivity contribution in [3.8, 4) is 0 Å². The summed E-state index contributed by atoms with van der Waals surface area (Å²) in [5.74, 6) is 1.19. The van der Waals surface area contributed by atoms with Crippen LogP contribution in [0.15, 0.2) is 18.7 Å². The summed E-state index contributed by atoms with van der Waals surface area (Å²) >= 11 is 0. The number of hydrogen-bond acceptors (Lipinski definition) is 4. The monoisotopic (exact) mass is 303 g/mol. The molecule has 1 fully saturated rings. The van der Waals surface area contributed by atoms with Gasteiger partial charge >= 0.3 is 6.03 Å². The smallest absolute Gasteiger partial charge is 0.321 e. The molecule has 0 spiro atoms. The van der Waals surface area contributed by atoms with Crippen LogP contribution in [-0.4, -0.2) is 36.9 Å². The number of urea groups is 1. The molecule has 22 heavy (non-hydrogen) atoms. The predicted octanol–water partition coefficient (Wildman–Crippen LogP) is 1.18. The van der Waals surface area contributed by atoms with E-state index < -0.39 is 0 Å². The van der Waals surface area contributed by atoms with Crippen LogP contribution in [0.4, 0.5) is 10.7 Å². The minimum atomic E-state index is -0.259. The molecule has 0 unspecified atom stereocenters. The summed E-state index contributed by atoms with van der Waals surface area (Å²) < 4.78 is 3.73. The first-order chi connectivity index (χ1) is 10.6. The van der Waals surface area contributed by atoms with E-state index in [1.807, 2.05) is 26.5 Å². The minimum Gasteiger partial charge on any atom is -0.337 e. The third-order valence-corrected chi connectivity index (χ3v) is 4.05. The van der Waals surface area contributed by atoms with Crippen LogP contribution in [0.1, 0.15) is 25.6 Å². The van der Waals surface area contributed by atoms with Crippen molar-refractivity contribution in [2.75, 3.05) is 11.9 Å². The molecule has 3 rings (SSSR count). The molecule has 0 aromatic carbocycles. The molecule has 118 valence electrons. The summed E-state index contributed by atoms with van der Waals surface area (Å²) in [7, 11) is 1.82. The van der Waals surface area contributed by atoms with Gasteiger partial charge in [-0.3, -0.25) is 10.00 Å². The third-order valence-electron chi connectivity index (χ3n) is 4.05. The van der Waals surface area contributed by atoms with Gasteiger partial charge in [0.15, 0.2) is 0 Å². The van der Waals surface area contributed by atoms with Crippen molar-refractivity contribution in [2.24, 2.45) is 12.5 Å². The molecule has 0 bridgehead atoms. The van der Waals surface area contributed by atoms with Crippen LogP contribution in [0.3, 0.4) is 0 Å². The van der Waals surface area contributed by atoms with E-state index in [0.717, 1.165) is 31.6 Å². The number of nitrogens with zero attached hydrogens (tertiary/aromatic N) is 5. The van der Waals surface area contributed by atoms with Gasteiger partial charge < -0.3 is 9.88 Å². The first kappa shape index (κ1) is 14.6. The Morgan fingerprint density at radius 3 is 2.86 bits per heavy atom. The van der Waals surface area contributed by atoms with Crippen LogP contribution >= 0.6 is 0 Å². The fraction of sp³-hybridized carbons (Fsp3) is 0.571. The number of aromatic nitrogens is 5. The number of nitrogens with one attached hydrogen (secondary N) is 2. The summed E-state index contributed by atoms with van der Waals surface area (Å²) in [5, 5.41) is 9.77. The molecular formula is C14H21N7O. The second-order valence-electron chi connectivity index (χ2n) is 5.87. The minimum absolute atomic E-state index is 0.157. The number of rotatable bonds is 6. The molecule has 0 saturated heterocycles. The van der Waals surface area contributed by atoms with Gasteiger partial charge in [0.1, 0.15) is 5.82 Å². The van der Waals surface area contributed by atoms with Crippen molar-refractivity contribution >= 4 is 12.0 Å². The third kappa shape index (κ3) is 3.26. The highest BCUT2D eigenvalue weighted by Gasteiger charge is 2.43. The molecule has 0 atom stereocenters. The molecule has 2 heterocycles. The topological polar surface area (TPSA) is 89.7 Å². The lowest BCUT2D eigenvalue weighted by atomic mass is 10.1. The molecule has 1 aliphatic carbocycles. The average Bonchev–Trinajstić information content (AvgIpc) is 2.89. The number of carbonyl (C=O) groups is 1. The summed E-state index contributed by atoms with van der Waals surface area (Å²) in [5.41, 5.74) is 0.157. The lowest BCUT2D eigenvalue weighted by Crippen LogP contribution is -2.35. The van der Waals surface area contributed by atoms with Crippen LogP contribution in [0.2, 0.25) is 0 Å². The Bertz CT molecular complexity index is 642. The second kappa shape index (κ2) is 5.78. The molecule has 2 aromatic heterocycles. The van der Waals surface area contributed by atoms with Crippen LogP contribution < -0.4 is 10.6 Å². The number of hydrogen-bond donors (Lipinski definition) is 2. The summed E-state index contributed by atoms with van der Waals surface area (Å²) in [6.45, 7) is 3.53. The van der Waals surface area contributed by atoms with Crippen LogP contribution in [0.25, 0.3) is 0 Å². The van der Waals surface area contributed by atoms with E-state index in [4.69, 9.17) is 0 Å². The van der Waals surface area contributed by atoms with E-state index in [0.29, 0.717) is 12.5 Å². The SMILES string of the molecule is CCc1nc(NC(=O)NCC2(Cn3ccnc3)CC2)nn1C. The summed E-state index contributed by atoms with van der Waals surface area (Å²) in [6.07, 6.45) is 8.55. The highest BCUT2D eigenvalue weighted by Crippen LogP contribution is 2.46. The number of amides is 2. The van der Waals surface area contributed by atoms with Crippen molar-refractivity contribution in [2.45, 2.75) is 32.7 Å². The Balaban J connectivity index is 1.49. The van der Waals surface area contributed by atoms with Crippen molar-refractivity contribution in [3.05, 3.63) is 24.5 Å². The first-order valence-corrected chi connectivity index (χ1v) is 7.51. The standard InChI is InChI=1S/C14H21N7O/c1-3-11-17-12(19-20(11)2)18-13(22)16-8-14(4-5-14)9-21-7-6-15-10-21/h6-7,10H,3-5,8-9H2,1-2H3,(H2,16,18,19,22). The van der Waals surface area contributed by atoms with Gasteiger partial charge in [0.05, 0.1) is 6.33 Å². The largest absolute Gasteiger partial charge is 0.337 e. The molecule has 8 heteroatoms. The van der Waals surface area contributed by atoms with Gasteiger partial charge in [-0.15, -0.1) is 5.10 Å². The molecule has 0 aliphatic heterocycles. The highest BCUT2D eigenvalue weighted by molar-refractivity contribution is 5.87. The number of imidazole rings is 1. The van der Waals surface area contributed by atoms with Gasteiger partial charge in [-0.2, -0.15) is 4.98 Å². The molecule has 2 aromatic rings. The van der Waals surface area contributed by atoms with Gasteiger partial charge in [-0.1, -0.05) is 6.92 Å². The van der Waals surface area contributed by atoms with Crippen molar-refractivity contribution in [3.63, 3.8) is 0 Å². The molecule has 2 N–H and O–H groups in total. The maximum atomic E-state index is 12.0. The Hall–Kier alpha value is -2.38. The van der Waals surface area contributed by atoms with Crippen molar-refractivity contribution in [1.82, 2.24) is 29.6 Å². The van der Waals surface area contributed by atoms with Gasteiger partial charge in [0, 0.05) is 44.4 Å². The molecule has 2 amide bonds. The van der Waals surface area contributed by atoms with E-state index in [1.165, 1.54) is 0 Å². The van der Waals surface area contributed by atoms with Crippen LogP contribution in [0, 0.1) is 5.41 Å². The van der Waals surface area contributed by atoms with Gasteiger partial charge in [-0.25, -0.2) is 9.78 Å². The predicted molar refractivity (Wildman–Crippen MR) is 81.3 cm³/mol. The lowest BCUT2D eigenvalue weighted by Gasteiger charge is -2.16. The van der Waals surface area contributed by atoms with Crippen molar-refractivity contribution in [1.29, 1.82) is 0 Å². The Morgan fingerprint density at radius 1 is 1.45 bits per heavy atom. The molecule has 1 aliphatic rings. The van der Waals surface area contributed by atoms with E-state index in [1.54, 1.807) is 10.9 Å². The average molecular weight is 303 g/mol. The molecule has 1 saturated carbocycles. The molecule has 0 radical (unpaired) electrons. The quantitative estimate of drug-likeness (QED) is 0.838. The molecular weight excluding hydrogens is 282 g/mol. The Labute approximate surface area is 128 Å². The van der Waals surface area contributed by atoms with Crippen LogP contribution in [0.5, 0.6) is 0 Å². The fourth-order valence-corrected chi connectivity index (χ4v) is 2.53. The molecule has 8 nitrogen and oxygen atoms in total. The second-order valence-corrected chi connectivity index (χ2v) is 5.87. The van der Waals surface area contributed by atoms with Crippen molar-refractivity contribution < 1.29 is 4.79 Å². The number of carbonyl (C=O) groups excluding carboxylic acids is 1. The fourth-order valence-electron chi connectivity index (χ4n) is 2.53. The Morgan fingerprint density at radius 2 is 2.27 bits per heavy atom. The lowest BCUT2D eigenvalue weighted by molar-refractivity contribution is 0.248. The number of aryl methyl sites for hydroxylation is 2.